The van der Waals surface area contributed by atoms with Gasteiger partial charge in [-0.2, -0.15) is 0 Å². The second-order valence-electron chi connectivity index (χ2n) is 14.0. The zero-order valence-corrected chi connectivity index (χ0v) is 31.5. The molecule has 0 bridgehead atoms. The Morgan fingerprint density at radius 2 is 1.87 bits per heavy atom. The van der Waals surface area contributed by atoms with Crippen LogP contribution in [0.15, 0.2) is 48.7 Å². The number of ether oxygens (including phenoxy) is 2. The number of methoxy groups -OCH3 is 2. The van der Waals surface area contributed by atoms with E-state index in [1.54, 1.807) is 25.4 Å². The van der Waals surface area contributed by atoms with Gasteiger partial charge in [-0.25, -0.2) is 4.98 Å². The number of halogens is 2. The van der Waals surface area contributed by atoms with Gasteiger partial charge in [0.2, 0.25) is 5.91 Å². The topological polar surface area (TPSA) is 140 Å². The number of hydrogen-bond donors (Lipinski definition) is 3. The fourth-order valence-electron chi connectivity index (χ4n) is 7.63. The Labute approximate surface area is 318 Å². The molecule has 2 aromatic carbocycles. The highest BCUT2D eigenvalue weighted by Crippen LogP contribution is 2.41. The Morgan fingerprint density at radius 3 is 2.62 bits per heavy atom. The predicted octanol–water partition coefficient (Wildman–Crippen LogP) is 5.64. The minimum atomic E-state index is -0.358. The van der Waals surface area contributed by atoms with Crippen molar-refractivity contribution in [3.05, 3.63) is 81.5 Å². The molecule has 1 aliphatic carbocycles. The van der Waals surface area contributed by atoms with E-state index in [9.17, 15) is 14.4 Å². The number of imidazole rings is 1. The molecule has 3 aliphatic rings. The zero-order chi connectivity index (χ0) is 37.2. The van der Waals surface area contributed by atoms with Crippen LogP contribution in [-0.4, -0.2) is 77.1 Å². The number of anilines is 1. The summed E-state index contributed by atoms with van der Waals surface area (Å²) in [5, 5.41) is 10.1. The molecule has 1 atom stereocenters. The molecule has 0 spiro atoms. The molecular formula is C39H43Cl2N7O5. The molecular weight excluding hydrogens is 717 g/mol. The molecule has 2 fully saturated rings. The van der Waals surface area contributed by atoms with Crippen LogP contribution >= 0.6 is 23.2 Å². The second-order valence-corrected chi connectivity index (χ2v) is 14.8. The predicted molar refractivity (Wildman–Crippen MR) is 203 cm³/mol. The Bertz CT molecular complexity index is 2050. The van der Waals surface area contributed by atoms with Crippen molar-refractivity contribution in [2.45, 2.75) is 51.2 Å². The average Bonchev–Trinajstić information content (AvgIpc) is 3.72. The highest BCUT2D eigenvalue weighted by Gasteiger charge is 2.37. The van der Waals surface area contributed by atoms with Gasteiger partial charge in [0.15, 0.2) is 5.82 Å². The Hall–Kier alpha value is -4.49. The number of hydrogen-bond acceptors (Lipinski definition) is 9. The molecule has 7 rings (SSSR count). The smallest absolute Gasteiger partial charge is 0.308 e. The van der Waals surface area contributed by atoms with Crippen LogP contribution < -0.4 is 20.7 Å². The minimum Gasteiger partial charge on any atom is -0.496 e. The molecule has 12 nitrogen and oxygen atoms in total. The van der Waals surface area contributed by atoms with Gasteiger partial charge in [-0.1, -0.05) is 47.5 Å². The number of nitrogens with zero attached hydrogens (tertiary/aromatic N) is 4. The molecule has 1 saturated heterocycles. The van der Waals surface area contributed by atoms with E-state index < -0.39 is 0 Å². The molecule has 4 heterocycles. The van der Waals surface area contributed by atoms with Gasteiger partial charge in [0.05, 0.1) is 53.0 Å². The molecule has 2 amide bonds. The molecule has 1 unspecified atom stereocenters. The summed E-state index contributed by atoms with van der Waals surface area (Å²) >= 11 is 14.0. The summed E-state index contributed by atoms with van der Waals surface area (Å²) in [4.78, 5) is 48.7. The van der Waals surface area contributed by atoms with Gasteiger partial charge in [0, 0.05) is 87.1 Å². The average molecular weight is 761 g/mol. The normalized spacial score (nSPS) is 19.6. The fourth-order valence-corrected chi connectivity index (χ4v) is 8.22. The number of benzene rings is 2. The van der Waals surface area contributed by atoms with Crippen molar-refractivity contribution in [3.63, 3.8) is 0 Å². The second kappa shape index (κ2) is 15.9. The van der Waals surface area contributed by atoms with Gasteiger partial charge < -0.3 is 30.0 Å². The molecule has 14 heteroatoms. The molecule has 53 heavy (non-hydrogen) atoms. The van der Waals surface area contributed by atoms with E-state index in [-0.39, 0.29) is 29.7 Å². The quantitative estimate of drug-likeness (QED) is 0.157. The number of fused-ring (bicyclic) bond motifs is 1. The minimum absolute atomic E-state index is 0.00866. The van der Waals surface area contributed by atoms with Crippen LogP contribution in [0, 0.1) is 11.8 Å². The van der Waals surface area contributed by atoms with Crippen molar-refractivity contribution < 1.29 is 23.9 Å². The van der Waals surface area contributed by atoms with Crippen molar-refractivity contribution in [1.82, 2.24) is 30.1 Å². The fraction of sp³-hybridized carbons (Fsp3) is 0.410. The van der Waals surface area contributed by atoms with E-state index in [0.717, 1.165) is 61.3 Å². The van der Waals surface area contributed by atoms with E-state index in [2.05, 4.69) is 25.8 Å². The maximum Gasteiger partial charge on any atom is 0.308 e. The first-order chi connectivity index (χ1) is 25.6. The standard InChI is InChI=1S/C39H43Cl2N7O5/c1-47-31-21-48(20-22-15-25(16-22)39(51)53-3)14-12-29(31)45-37(47)38(50)46-30-6-4-5-27(34(30)40)28-11-13-43-36(35(28)41)23-7-8-24(32(17-23)52-2)18-42-19-26-9-10-33(49)44-26/h4-8,11,13,17,22,25-26,42H,9-10,12,14-16,18-21H2,1-3H3,(H,44,49)(H,46,50). The van der Waals surface area contributed by atoms with Crippen molar-refractivity contribution in [2.75, 3.05) is 39.2 Å². The number of pyridine rings is 1. The monoisotopic (exact) mass is 759 g/mol. The maximum absolute atomic E-state index is 13.7. The summed E-state index contributed by atoms with van der Waals surface area (Å²) in [7, 11) is 4.93. The summed E-state index contributed by atoms with van der Waals surface area (Å²) in [6.45, 7) is 3.70. The lowest BCUT2D eigenvalue weighted by molar-refractivity contribution is -0.150. The lowest BCUT2D eigenvalue weighted by Crippen LogP contribution is -2.41. The third-order valence-electron chi connectivity index (χ3n) is 10.6. The van der Waals surface area contributed by atoms with Gasteiger partial charge >= 0.3 is 5.97 Å². The summed E-state index contributed by atoms with van der Waals surface area (Å²) in [5.41, 5.74) is 5.99. The zero-order valence-electron chi connectivity index (χ0n) is 30.0. The number of rotatable bonds is 12. The third kappa shape index (κ3) is 7.77. The van der Waals surface area contributed by atoms with E-state index in [1.165, 1.54) is 7.11 Å². The molecule has 0 radical (unpaired) electrons. The van der Waals surface area contributed by atoms with Crippen LogP contribution in [0.25, 0.3) is 22.4 Å². The Morgan fingerprint density at radius 1 is 1.06 bits per heavy atom. The number of nitrogens with one attached hydrogen (secondary N) is 3. The van der Waals surface area contributed by atoms with Crippen LogP contribution in [0.2, 0.25) is 10.0 Å². The maximum atomic E-state index is 13.7. The number of carbonyl (C=O) groups excluding carboxylic acids is 3. The first kappa shape index (κ1) is 36.9. The van der Waals surface area contributed by atoms with Gasteiger partial charge in [-0.15, -0.1) is 0 Å². The molecule has 2 aliphatic heterocycles. The van der Waals surface area contributed by atoms with E-state index in [0.29, 0.717) is 76.1 Å². The van der Waals surface area contributed by atoms with Crippen LogP contribution in [0.1, 0.15) is 53.3 Å². The Balaban J connectivity index is 1.04. The van der Waals surface area contributed by atoms with Crippen LogP contribution in [0.4, 0.5) is 5.69 Å². The highest BCUT2D eigenvalue weighted by molar-refractivity contribution is 6.39. The van der Waals surface area contributed by atoms with Crippen LogP contribution in [0.5, 0.6) is 5.75 Å². The molecule has 1 saturated carbocycles. The molecule has 4 aromatic rings. The first-order valence-electron chi connectivity index (χ1n) is 17.9. The van der Waals surface area contributed by atoms with E-state index in [1.807, 2.05) is 41.9 Å². The number of esters is 1. The number of aromatic nitrogens is 3. The van der Waals surface area contributed by atoms with Gasteiger partial charge in [-0.3, -0.25) is 24.3 Å². The van der Waals surface area contributed by atoms with Crippen molar-refractivity contribution >= 4 is 46.7 Å². The van der Waals surface area contributed by atoms with Crippen LogP contribution in [0.3, 0.4) is 0 Å². The van der Waals surface area contributed by atoms with Crippen molar-refractivity contribution in [1.29, 1.82) is 0 Å². The summed E-state index contributed by atoms with van der Waals surface area (Å²) in [6, 6.07) is 13.2. The molecule has 3 N–H and O–H groups in total. The number of carbonyl (C=O) groups is 3. The molecule has 2 aromatic heterocycles. The van der Waals surface area contributed by atoms with Crippen molar-refractivity contribution in [3.8, 4) is 28.1 Å². The van der Waals surface area contributed by atoms with E-state index >= 15 is 0 Å². The van der Waals surface area contributed by atoms with E-state index in [4.69, 9.17) is 37.7 Å². The highest BCUT2D eigenvalue weighted by atomic mass is 35.5. The number of amides is 2. The molecule has 278 valence electrons. The summed E-state index contributed by atoms with van der Waals surface area (Å²) in [6.07, 6.45) is 5.53. The lowest BCUT2D eigenvalue weighted by atomic mass is 9.74. The van der Waals surface area contributed by atoms with Gasteiger partial charge in [0.25, 0.3) is 5.91 Å². The SMILES string of the molecule is COC(=O)C1CC(CN2CCc3nc(C(=O)Nc4cccc(-c5ccnc(-c6ccc(CNCC7CCC(=O)N7)c(OC)c6)c5Cl)c4Cl)n(C)c3C2)C1. The third-order valence-corrected chi connectivity index (χ3v) is 11.4. The largest absolute Gasteiger partial charge is 0.496 e. The summed E-state index contributed by atoms with van der Waals surface area (Å²) in [5.74, 6) is 1.09. The first-order valence-corrected chi connectivity index (χ1v) is 18.7. The lowest BCUT2D eigenvalue weighted by Gasteiger charge is -2.38. The van der Waals surface area contributed by atoms with Crippen LogP contribution in [-0.2, 0) is 40.9 Å². The van der Waals surface area contributed by atoms with Gasteiger partial charge in [0.1, 0.15) is 5.75 Å². The van der Waals surface area contributed by atoms with Gasteiger partial charge in [-0.05, 0) is 43.4 Å². The Kier molecular flexibility index (Phi) is 11.0. The summed E-state index contributed by atoms with van der Waals surface area (Å²) < 4.78 is 12.5. The van der Waals surface area contributed by atoms with Crippen molar-refractivity contribution in [2.24, 2.45) is 18.9 Å².